The average Bonchev–Trinajstić information content (AvgIpc) is 2.83. The number of aliphatic hydroxyl groups is 2. The number of phenols is 1. The van der Waals surface area contributed by atoms with Crippen LogP contribution in [0.1, 0.15) is 28.9 Å². The predicted molar refractivity (Wildman–Crippen MR) is 133 cm³/mol. The molecule has 0 radical (unpaired) electrons. The van der Waals surface area contributed by atoms with Gasteiger partial charge >= 0.3 is 0 Å². The van der Waals surface area contributed by atoms with Crippen LogP contribution in [0, 0.1) is 0 Å². The van der Waals surface area contributed by atoms with E-state index in [2.05, 4.69) is 16.0 Å². The normalized spacial score (nSPS) is 12.3. The lowest BCUT2D eigenvalue weighted by Gasteiger charge is -2.15. The molecule has 33 heavy (non-hydrogen) atoms. The van der Waals surface area contributed by atoms with Gasteiger partial charge in [0.2, 0.25) is 6.41 Å². The minimum Gasteiger partial charge on any atom is -0.506 e. The van der Waals surface area contributed by atoms with Crippen LogP contribution in [0.3, 0.4) is 0 Å². The first-order valence-corrected chi connectivity index (χ1v) is 10.5. The third-order valence-corrected chi connectivity index (χ3v) is 5.19. The molecule has 0 spiro atoms. The first-order chi connectivity index (χ1) is 15.6. The lowest BCUT2D eigenvalue weighted by atomic mass is 10.1. The summed E-state index contributed by atoms with van der Waals surface area (Å²) in [7, 11) is 0. The van der Waals surface area contributed by atoms with Gasteiger partial charge in [0, 0.05) is 18.8 Å². The number of anilines is 2. The van der Waals surface area contributed by atoms with E-state index in [1.165, 1.54) is 6.07 Å². The zero-order chi connectivity index (χ0) is 22.8. The number of carbonyl (C=O) groups excluding carboxylic acids is 1. The molecule has 0 aliphatic rings. The number of hydrogen-bond acceptors (Lipinski definition) is 6. The molecule has 0 unspecified atom stereocenters. The summed E-state index contributed by atoms with van der Waals surface area (Å²) in [6.07, 6.45) is -0.0427. The Morgan fingerprint density at radius 3 is 2.24 bits per heavy atom. The number of aliphatic hydroxyl groups excluding tert-OH is 2. The second-order valence-electron chi connectivity index (χ2n) is 7.51. The van der Waals surface area contributed by atoms with Gasteiger partial charge in [0.15, 0.2) is 0 Å². The summed E-state index contributed by atoms with van der Waals surface area (Å²) in [5.41, 5.74) is 3.85. The van der Waals surface area contributed by atoms with Crippen molar-refractivity contribution in [1.82, 2.24) is 5.32 Å². The van der Waals surface area contributed by atoms with E-state index in [1.54, 1.807) is 12.1 Å². The van der Waals surface area contributed by atoms with Gasteiger partial charge in [-0.25, -0.2) is 0 Å². The monoisotopic (exact) mass is 471 g/mol. The highest BCUT2D eigenvalue weighted by Crippen LogP contribution is 2.26. The molecule has 0 bridgehead atoms. The van der Waals surface area contributed by atoms with Gasteiger partial charge in [0.1, 0.15) is 5.75 Å². The van der Waals surface area contributed by atoms with Crippen LogP contribution in [0.25, 0.3) is 0 Å². The number of aromatic hydroxyl groups is 1. The Bertz CT molecular complexity index is 987. The Morgan fingerprint density at radius 1 is 0.848 bits per heavy atom. The minimum atomic E-state index is -0.759. The Kier molecular flexibility index (Phi) is 10.7. The van der Waals surface area contributed by atoms with Crippen LogP contribution in [-0.2, 0) is 11.2 Å². The maximum Gasteiger partial charge on any atom is 0.211 e. The summed E-state index contributed by atoms with van der Waals surface area (Å²) < 4.78 is 0. The van der Waals surface area contributed by atoms with Crippen LogP contribution >= 0.6 is 12.4 Å². The van der Waals surface area contributed by atoms with Gasteiger partial charge in [-0.15, -0.1) is 12.4 Å². The van der Waals surface area contributed by atoms with Crippen LogP contribution in [-0.4, -0.2) is 41.4 Å². The number of halogens is 1. The molecule has 3 rings (SSSR count). The number of nitrogens with one attached hydrogen (secondary N) is 3. The number of rotatable bonds is 12. The first kappa shape index (κ1) is 26.2. The van der Waals surface area contributed by atoms with Gasteiger partial charge in [-0.2, -0.15) is 0 Å². The Morgan fingerprint density at radius 2 is 1.55 bits per heavy atom. The van der Waals surface area contributed by atoms with E-state index in [0.717, 1.165) is 23.2 Å². The molecule has 1 amide bonds. The molecule has 0 saturated carbocycles. The summed E-state index contributed by atoms with van der Waals surface area (Å²) in [5, 5.41) is 39.1. The largest absolute Gasteiger partial charge is 0.506 e. The van der Waals surface area contributed by atoms with Crippen LogP contribution < -0.4 is 16.0 Å². The highest BCUT2D eigenvalue weighted by Gasteiger charge is 2.10. The molecule has 6 N–H and O–H groups in total. The van der Waals surface area contributed by atoms with Crippen LogP contribution in [0.2, 0.25) is 0 Å². The van der Waals surface area contributed by atoms with Crippen molar-refractivity contribution in [2.75, 3.05) is 30.3 Å². The molecule has 0 heterocycles. The Labute approximate surface area is 199 Å². The fraction of sp³-hybridized carbons (Fsp3) is 0.240. The van der Waals surface area contributed by atoms with Crippen molar-refractivity contribution in [3.05, 3.63) is 89.5 Å². The van der Waals surface area contributed by atoms with Crippen molar-refractivity contribution in [2.45, 2.75) is 18.6 Å². The van der Waals surface area contributed by atoms with E-state index in [9.17, 15) is 20.1 Å². The molecule has 0 saturated heterocycles. The van der Waals surface area contributed by atoms with Gasteiger partial charge in [-0.05, 0) is 53.9 Å². The summed E-state index contributed by atoms with van der Waals surface area (Å²) in [5.74, 6) is -0.0477. The maximum absolute atomic E-state index is 10.6. The molecule has 0 fully saturated rings. The van der Waals surface area contributed by atoms with Crippen molar-refractivity contribution >= 4 is 30.2 Å². The van der Waals surface area contributed by atoms with Gasteiger partial charge < -0.3 is 31.3 Å². The van der Waals surface area contributed by atoms with Crippen molar-refractivity contribution in [1.29, 1.82) is 0 Å². The van der Waals surface area contributed by atoms with E-state index in [1.807, 2.05) is 54.6 Å². The van der Waals surface area contributed by atoms with Gasteiger partial charge in [0.05, 0.1) is 17.9 Å². The van der Waals surface area contributed by atoms with Crippen molar-refractivity contribution < 1.29 is 20.1 Å². The summed E-state index contributed by atoms with van der Waals surface area (Å²) in [6, 6.07) is 22.2. The molecule has 7 nitrogen and oxygen atoms in total. The fourth-order valence-corrected chi connectivity index (χ4v) is 3.33. The number of carbonyl (C=O) groups is 1. The molecular formula is C25H30ClN3O4. The van der Waals surface area contributed by atoms with Crippen LogP contribution in [0.4, 0.5) is 11.4 Å². The van der Waals surface area contributed by atoms with E-state index >= 15 is 0 Å². The maximum atomic E-state index is 10.6. The van der Waals surface area contributed by atoms with Crippen LogP contribution in [0.15, 0.2) is 72.8 Å². The number of hydrogen-bond donors (Lipinski definition) is 6. The lowest BCUT2D eigenvalue weighted by Crippen LogP contribution is -2.23. The number of phenolic OH excluding ortho intramolecular Hbond substituents is 1. The molecule has 3 aromatic rings. The Hall–Kier alpha value is -3.10. The highest BCUT2D eigenvalue weighted by atomic mass is 35.5. The predicted octanol–water partition coefficient (Wildman–Crippen LogP) is 3.39. The summed E-state index contributed by atoms with van der Waals surface area (Å²) in [4.78, 5) is 10.6. The second kappa shape index (κ2) is 13.4. The first-order valence-electron chi connectivity index (χ1n) is 10.5. The van der Waals surface area contributed by atoms with Crippen molar-refractivity contribution in [2.24, 2.45) is 0 Å². The quantitative estimate of drug-likeness (QED) is 0.137. The smallest absolute Gasteiger partial charge is 0.211 e. The zero-order valence-electron chi connectivity index (χ0n) is 18.1. The SMILES string of the molecule is Cl.O=CNc1cc([C@@H](O)CNCCc2ccc(NC[C@H](O)c3ccccc3)cc2)ccc1O. The van der Waals surface area contributed by atoms with Crippen LogP contribution in [0.5, 0.6) is 5.75 Å². The average molecular weight is 472 g/mol. The minimum absolute atomic E-state index is 0. The molecule has 8 heteroatoms. The molecule has 176 valence electrons. The van der Waals surface area contributed by atoms with Crippen molar-refractivity contribution in [3.63, 3.8) is 0 Å². The molecule has 3 aromatic carbocycles. The van der Waals surface area contributed by atoms with E-state index in [0.29, 0.717) is 31.6 Å². The molecular weight excluding hydrogens is 442 g/mol. The Balaban J connectivity index is 0.00000385. The summed E-state index contributed by atoms with van der Waals surface area (Å²) in [6.45, 7) is 1.47. The lowest BCUT2D eigenvalue weighted by molar-refractivity contribution is -0.105. The topological polar surface area (TPSA) is 114 Å². The second-order valence-corrected chi connectivity index (χ2v) is 7.51. The molecule has 2 atom stereocenters. The summed E-state index contributed by atoms with van der Waals surface area (Å²) >= 11 is 0. The zero-order valence-corrected chi connectivity index (χ0v) is 19.0. The standard InChI is InChI=1S/C25H29N3O4.ClH/c29-17-28-22-14-20(8-11-23(22)30)24(31)15-26-13-12-18-6-9-21(10-7-18)27-16-25(32)19-4-2-1-3-5-19;/h1-11,14,17,24-27,30-32H,12-13,15-16H2,(H,28,29);1H/t24-,25-;/m0./s1. The van der Waals surface area contributed by atoms with Gasteiger partial charge in [-0.1, -0.05) is 48.5 Å². The van der Waals surface area contributed by atoms with E-state index < -0.39 is 12.2 Å². The molecule has 0 aromatic heterocycles. The highest BCUT2D eigenvalue weighted by molar-refractivity contribution is 5.85. The third-order valence-electron chi connectivity index (χ3n) is 5.19. The van der Waals surface area contributed by atoms with Gasteiger partial charge in [-0.3, -0.25) is 4.79 Å². The number of amides is 1. The molecule has 0 aliphatic carbocycles. The van der Waals surface area contributed by atoms with Crippen molar-refractivity contribution in [3.8, 4) is 5.75 Å². The van der Waals surface area contributed by atoms with Gasteiger partial charge in [0.25, 0.3) is 0 Å². The number of benzene rings is 3. The fourth-order valence-electron chi connectivity index (χ4n) is 3.33. The third kappa shape index (κ3) is 8.07. The van der Waals surface area contributed by atoms with E-state index in [-0.39, 0.29) is 23.8 Å². The van der Waals surface area contributed by atoms with E-state index in [4.69, 9.17) is 0 Å². The molecule has 0 aliphatic heterocycles.